The van der Waals surface area contributed by atoms with Gasteiger partial charge in [0.1, 0.15) is 5.75 Å². The van der Waals surface area contributed by atoms with Crippen molar-refractivity contribution in [1.29, 1.82) is 0 Å². The number of benzene rings is 2. The van der Waals surface area contributed by atoms with Crippen LogP contribution >= 0.6 is 11.8 Å². The van der Waals surface area contributed by atoms with Crippen molar-refractivity contribution in [3.63, 3.8) is 0 Å². The zero-order valence-corrected chi connectivity index (χ0v) is 18.2. The van der Waals surface area contributed by atoms with E-state index >= 15 is 0 Å². The summed E-state index contributed by atoms with van der Waals surface area (Å²) in [5, 5.41) is 21.2. The standard InChI is InChI=1S/C22H25NO7S/c1-3-7-19(24)30-16-12-10-15(11-13-16)21(20(25)22(26)29-14-4-2)31-18-9-6-5-8-17(18)23(27)28/h5-6,8-13,20-21,25H,3-4,7,14H2,1-2H3. The van der Waals surface area contributed by atoms with E-state index in [0.29, 0.717) is 35.5 Å². The topological polar surface area (TPSA) is 116 Å². The smallest absolute Gasteiger partial charge is 0.336 e. The van der Waals surface area contributed by atoms with Crippen LogP contribution in [0.5, 0.6) is 5.75 Å². The van der Waals surface area contributed by atoms with Gasteiger partial charge in [0.2, 0.25) is 0 Å². The van der Waals surface area contributed by atoms with Crippen LogP contribution in [0.3, 0.4) is 0 Å². The molecule has 0 saturated heterocycles. The lowest BCUT2D eigenvalue weighted by molar-refractivity contribution is -0.387. The summed E-state index contributed by atoms with van der Waals surface area (Å²) in [6.07, 6.45) is 0.000214. The van der Waals surface area contributed by atoms with E-state index in [1.165, 1.54) is 6.07 Å². The zero-order chi connectivity index (χ0) is 22.8. The molecule has 2 rings (SSSR count). The van der Waals surface area contributed by atoms with Crippen molar-refractivity contribution in [3.8, 4) is 5.75 Å². The molecule has 8 nitrogen and oxygen atoms in total. The van der Waals surface area contributed by atoms with Crippen LogP contribution in [-0.4, -0.2) is 34.7 Å². The van der Waals surface area contributed by atoms with Crippen molar-refractivity contribution >= 4 is 29.4 Å². The predicted octanol–water partition coefficient (Wildman–Crippen LogP) is 4.45. The van der Waals surface area contributed by atoms with E-state index in [-0.39, 0.29) is 18.3 Å². The van der Waals surface area contributed by atoms with Gasteiger partial charge in [0.05, 0.1) is 21.7 Å². The lowest BCUT2D eigenvalue weighted by Gasteiger charge is -2.22. The zero-order valence-electron chi connectivity index (χ0n) is 17.4. The summed E-state index contributed by atoms with van der Waals surface area (Å²) in [4.78, 5) is 35.2. The number of hydrogen-bond donors (Lipinski definition) is 1. The van der Waals surface area contributed by atoms with Gasteiger partial charge < -0.3 is 14.6 Å². The molecule has 31 heavy (non-hydrogen) atoms. The SMILES string of the molecule is CCCOC(=O)C(O)C(Sc1ccccc1[N+](=O)[O-])c1ccc(OC(=O)CCC)cc1. The Hall–Kier alpha value is -2.91. The second-order valence-electron chi connectivity index (χ2n) is 6.67. The monoisotopic (exact) mass is 447 g/mol. The van der Waals surface area contributed by atoms with E-state index in [2.05, 4.69) is 0 Å². The van der Waals surface area contributed by atoms with Crippen molar-refractivity contribution in [2.24, 2.45) is 0 Å². The Balaban J connectivity index is 2.32. The lowest BCUT2D eigenvalue weighted by atomic mass is 10.1. The molecule has 1 N–H and O–H groups in total. The van der Waals surface area contributed by atoms with Crippen molar-refractivity contribution < 1.29 is 29.1 Å². The number of hydrogen-bond acceptors (Lipinski definition) is 8. The molecule has 0 aliphatic rings. The fraction of sp³-hybridized carbons (Fsp3) is 0.364. The molecule has 9 heteroatoms. The fourth-order valence-corrected chi connectivity index (χ4v) is 3.91. The van der Waals surface area contributed by atoms with Gasteiger partial charge in [-0.05, 0) is 36.6 Å². The number of thioether (sulfide) groups is 1. The van der Waals surface area contributed by atoms with Crippen LogP contribution in [0.4, 0.5) is 5.69 Å². The van der Waals surface area contributed by atoms with Crippen molar-refractivity contribution in [2.45, 2.75) is 49.4 Å². The summed E-state index contributed by atoms with van der Waals surface area (Å²) in [7, 11) is 0. The maximum Gasteiger partial charge on any atom is 0.336 e. The number of esters is 2. The Morgan fingerprint density at radius 2 is 1.77 bits per heavy atom. The van der Waals surface area contributed by atoms with Crippen LogP contribution in [0.15, 0.2) is 53.4 Å². The number of carbonyl (C=O) groups excluding carboxylic acids is 2. The first-order chi connectivity index (χ1) is 14.9. The molecule has 2 aromatic carbocycles. The highest BCUT2D eigenvalue weighted by Gasteiger charge is 2.32. The fourth-order valence-electron chi connectivity index (χ4n) is 2.68. The Morgan fingerprint density at radius 3 is 2.39 bits per heavy atom. The molecule has 0 spiro atoms. The van der Waals surface area contributed by atoms with Crippen LogP contribution in [0, 0.1) is 10.1 Å². The number of nitrogens with zero attached hydrogens (tertiary/aromatic N) is 1. The van der Waals surface area contributed by atoms with E-state index in [4.69, 9.17) is 9.47 Å². The third kappa shape index (κ3) is 7.08. The number of aliphatic hydroxyl groups excluding tert-OH is 1. The molecule has 0 amide bonds. The molecule has 0 aliphatic heterocycles. The highest BCUT2D eigenvalue weighted by Crippen LogP contribution is 2.42. The highest BCUT2D eigenvalue weighted by molar-refractivity contribution is 7.99. The van der Waals surface area contributed by atoms with Crippen molar-refractivity contribution in [3.05, 3.63) is 64.2 Å². The molecule has 2 atom stereocenters. The van der Waals surface area contributed by atoms with Crippen molar-refractivity contribution in [2.75, 3.05) is 6.61 Å². The van der Waals surface area contributed by atoms with Crippen LogP contribution < -0.4 is 4.74 Å². The molecule has 0 fully saturated rings. The second-order valence-corrected chi connectivity index (χ2v) is 7.85. The molecule has 0 aromatic heterocycles. The summed E-state index contributed by atoms with van der Waals surface area (Å²) in [5.41, 5.74) is 0.399. The average molecular weight is 448 g/mol. The third-order valence-electron chi connectivity index (χ3n) is 4.19. The number of carbonyl (C=O) groups is 2. The molecular weight excluding hydrogens is 422 g/mol. The molecule has 0 aliphatic carbocycles. The summed E-state index contributed by atoms with van der Waals surface area (Å²) >= 11 is 0.994. The number of aliphatic hydroxyl groups is 1. The molecule has 166 valence electrons. The summed E-state index contributed by atoms with van der Waals surface area (Å²) < 4.78 is 10.3. The first-order valence-corrected chi connectivity index (χ1v) is 10.8. The van der Waals surface area contributed by atoms with E-state index < -0.39 is 22.2 Å². The third-order valence-corrected chi connectivity index (χ3v) is 5.57. The summed E-state index contributed by atoms with van der Waals surface area (Å²) in [6, 6.07) is 12.4. The van der Waals surface area contributed by atoms with Gasteiger partial charge >= 0.3 is 11.9 Å². The summed E-state index contributed by atoms with van der Waals surface area (Å²) in [5.74, 6) is -0.833. The first-order valence-electron chi connectivity index (χ1n) is 9.92. The van der Waals surface area contributed by atoms with Crippen LogP contribution in [0.25, 0.3) is 0 Å². The Labute approximate surface area is 184 Å². The van der Waals surface area contributed by atoms with Crippen molar-refractivity contribution in [1.82, 2.24) is 0 Å². The number of nitro benzene ring substituents is 1. The number of ether oxygens (including phenoxy) is 2. The molecule has 2 unspecified atom stereocenters. The van der Waals surface area contributed by atoms with Gasteiger partial charge in [0, 0.05) is 12.5 Å². The van der Waals surface area contributed by atoms with E-state index in [1.54, 1.807) is 42.5 Å². The van der Waals surface area contributed by atoms with Gasteiger partial charge in [-0.25, -0.2) is 4.79 Å². The maximum absolute atomic E-state index is 12.3. The Kier molecular flexibility index (Phi) is 9.48. The first kappa shape index (κ1) is 24.4. The number of rotatable bonds is 11. The molecule has 0 heterocycles. The Bertz CT molecular complexity index is 901. The molecule has 2 aromatic rings. The number of para-hydroxylation sites is 1. The van der Waals surface area contributed by atoms with Gasteiger partial charge in [0.25, 0.3) is 5.69 Å². The van der Waals surface area contributed by atoms with Gasteiger partial charge in [0.15, 0.2) is 6.10 Å². The molecule has 0 radical (unpaired) electrons. The molecule has 0 bridgehead atoms. The number of nitro groups is 1. The Morgan fingerprint density at radius 1 is 1.10 bits per heavy atom. The highest BCUT2D eigenvalue weighted by atomic mass is 32.2. The predicted molar refractivity (Wildman–Crippen MR) is 116 cm³/mol. The lowest BCUT2D eigenvalue weighted by Crippen LogP contribution is -2.28. The molecule has 0 saturated carbocycles. The van der Waals surface area contributed by atoms with E-state index in [0.717, 1.165) is 11.8 Å². The van der Waals surface area contributed by atoms with Crippen LogP contribution in [0.1, 0.15) is 43.9 Å². The van der Waals surface area contributed by atoms with E-state index in [9.17, 15) is 24.8 Å². The van der Waals surface area contributed by atoms with Gasteiger partial charge in [-0.2, -0.15) is 0 Å². The van der Waals surface area contributed by atoms with Crippen LogP contribution in [0.2, 0.25) is 0 Å². The normalized spacial score (nSPS) is 12.6. The van der Waals surface area contributed by atoms with Crippen LogP contribution in [-0.2, 0) is 14.3 Å². The van der Waals surface area contributed by atoms with Gasteiger partial charge in [-0.15, -0.1) is 11.8 Å². The largest absolute Gasteiger partial charge is 0.464 e. The second kappa shape index (κ2) is 12.1. The van der Waals surface area contributed by atoms with Gasteiger partial charge in [-0.3, -0.25) is 14.9 Å². The summed E-state index contributed by atoms with van der Waals surface area (Å²) in [6.45, 7) is 3.86. The maximum atomic E-state index is 12.3. The van der Waals surface area contributed by atoms with Gasteiger partial charge in [-0.1, -0.05) is 38.1 Å². The minimum absolute atomic E-state index is 0.128. The quantitative estimate of drug-likeness (QED) is 0.177. The minimum atomic E-state index is -1.55. The minimum Gasteiger partial charge on any atom is -0.464 e. The van der Waals surface area contributed by atoms with E-state index in [1.807, 2.05) is 13.8 Å². The average Bonchev–Trinajstić information content (AvgIpc) is 2.76. The molecular formula is C22H25NO7S.